The molecule has 1 heterocycles. The third-order valence-electron chi connectivity index (χ3n) is 2.55. The topological polar surface area (TPSA) is 89.8 Å². The van der Waals surface area contributed by atoms with E-state index in [0.29, 0.717) is 0 Å². The molecule has 0 atom stereocenters. The minimum Gasteiger partial charge on any atom is -0.383 e. The van der Waals surface area contributed by atoms with Crippen LogP contribution >= 0.6 is 0 Å². The summed E-state index contributed by atoms with van der Waals surface area (Å²) in [7, 11) is 0. The SMILES string of the molecule is Nc1cc(NCc2ccccc2C(F)(F)F)nc(N)n1. The highest BCUT2D eigenvalue weighted by Gasteiger charge is 2.32. The van der Waals surface area contributed by atoms with Crippen molar-refractivity contribution >= 4 is 17.6 Å². The van der Waals surface area contributed by atoms with Gasteiger partial charge in [-0.15, -0.1) is 0 Å². The van der Waals surface area contributed by atoms with E-state index in [9.17, 15) is 13.2 Å². The molecule has 1 aromatic heterocycles. The molecule has 1 aromatic carbocycles. The van der Waals surface area contributed by atoms with Crippen LogP contribution in [0.15, 0.2) is 30.3 Å². The van der Waals surface area contributed by atoms with E-state index < -0.39 is 11.7 Å². The van der Waals surface area contributed by atoms with Gasteiger partial charge in [0.2, 0.25) is 5.95 Å². The first-order valence-electron chi connectivity index (χ1n) is 5.65. The van der Waals surface area contributed by atoms with Crippen molar-refractivity contribution in [2.75, 3.05) is 16.8 Å². The number of nitrogens with two attached hydrogens (primary N) is 2. The maximum absolute atomic E-state index is 12.8. The molecule has 0 spiro atoms. The molecular weight excluding hydrogens is 271 g/mol. The maximum Gasteiger partial charge on any atom is 0.416 e. The molecule has 0 aliphatic rings. The Bertz CT molecular complexity index is 592. The van der Waals surface area contributed by atoms with E-state index >= 15 is 0 Å². The van der Waals surface area contributed by atoms with Gasteiger partial charge in [0.25, 0.3) is 0 Å². The van der Waals surface area contributed by atoms with Gasteiger partial charge >= 0.3 is 6.18 Å². The second-order valence-corrected chi connectivity index (χ2v) is 4.04. The number of nitrogens with zero attached hydrogens (tertiary/aromatic N) is 2. The van der Waals surface area contributed by atoms with Gasteiger partial charge < -0.3 is 16.8 Å². The van der Waals surface area contributed by atoms with Crippen molar-refractivity contribution in [3.63, 3.8) is 0 Å². The van der Waals surface area contributed by atoms with Crippen LogP contribution < -0.4 is 16.8 Å². The summed E-state index contributed by atoms with van der Waals surface area (Å²) in [6.45, 7) is -0.0500. The molecule has 0 aliphatic carbocycles. The maximum atomic E-state index is 12.8. The lowest BCUT2D eigenvalue weighted by molar-refractivity contribution is -0.138. The van der Waals surface area contributed by atoms with Crippen LogP contribution in [0.1, 0.15) is 11.1 Å². The molecule has 0 amide bonds. The number of alkyl halides is 3. The summed E-state index contributed by atoms with van der Waals surface area (Å²) in [6.07, 6.45) is -4.40. The van der Waals surface area contributed by atoms with Gasteiger partial charge in [-0.3, -0.25) is 0 Å². The minimum atomic E-state index is -4.40. The van der Waals surface area contributed by atoms with Gasteiger partial charge in [-0.25, -0.2) is 0 Å². The zero-order valence-electron chi connectivity index (χ0n) is 10.3. The fourth-order valence-electron chi connectivity index (χ4n) is 1.71. The van der Waals surface area contributed by atoms with Gasteiger partial charge in [0.15, 0.2) is 0 Å². The Labute approximate surface area is 112 Å². The molecular formula is C12H12F3N5. The quantitative estimate of drug-likeness (QED) is 0.804. The van der Waals surface area contributed by atoms with Crippen LogP contribution in [0.4, 0.5) is 30.8 Å². The highest BCUT2D eigenvalue weighted by Crippen LogP contribution is 2.32. The molecule has 0 unspecified atom stereocenters. The molecule has 0 bridgehead atoms. The number of aromatic nitrogens is 2. The second kappa shape index (κ2) is 5.24. The zero-order valence-corrected chi connectivity index (χ0v) is 10.3. The molecule has 106 valence electrons. The van der Waals surface area contributed by atoms with Gasteiger partial charge in [-0.1, -0.05) is 18.2 Å². The van der Waals surface area contributed by atoms with E-state index in [0.717, 1.165) is 6.07 Å². The molecule has 0 radical (unpaired) electrons. The normalized spacial score (nSPS) is 11.3. The fourth-order valence-corrected chi connectivity index (χ4v) is 1.71. The molecule has 2 aromatic rings. The van der Waals surface area contributed by atoms with Crippen LogP contribution in [0, 0.1) is 0 Å². The summed E-state index contributed by atoms with van der Waals surface area (Å²) >= 11 is 0. The lowest BCUT2D eigenvalue weighted by atomic mass is 10.1. The number of hydrogen-bond acceptors (Lipinski definition) is 5. The Balaban J connectivity index is 2.19. The summed E-state index contributed by atoms with van der Waals surface area (Å²) in [5.41, 5.74) is 10.3. The minimum absolute atomic E-state index is 0.0448. The molecule has 0 fully saturated rings. The number of hydrogen-bond donors (Lipinski definition) is 3. The summed E-state index contributed by atoms with van der Waals surface area (Å²) < 4.78 is 38.4. The average Bonchev–Trinajstić information content (AvgIpc) is 2.34. The number of halogens is 3. The summed E-state index contributed by atoms with van der Waals surface area (Å²) in [4.78, 5) is 7.51. The number of nitrogen functional groups attached to an aromatic ring is 2. The number of nitrogens with one attached hydrogen (secondary N) is 1. The summed E-state index contributed by atoms with van der Waals surface area (Å²) in [5.74, 6) is 0.368. The lowest BCUT2D eigenvalue weighted by Gasteiger charge is -2.13. The van der Waals surface area contributed by atoms with E-state index in [1.54, 1.807) is 0 Å². The first kappa shape index (κ1) is 13.9. The third kappa shape index (κ3) is 3.28. The largest absolute Gasteiger partial charge is 0.416 e. The highest BCUT2D eigenvalue weighted by molar-refractivity contribution is 5.49. The fraction of sp³-hybridized carbons (Fsp3) is 0.167. The number of rotatable bonds is 3. The van der Waals surface area contributed by atoms with E-state index in [1.165, 1.54) is 24.3 Å². The smallest absolute Gasteiger partial charge is 0.383 e. The number of anilines is 3. The standard InChI is InChI=1S/C12H12F3N5/c13-12(14,15)8-4-2-1-3-7(8)6-18-10-5-9(16)19-11(17)20-10/h1-5H,6H2,(H5,16,17,18,19,20). The Morgan fingerprint density at radius 2 is 1.80 bits per heavy atom. The van der Waals surface area contributed by atoms with Crippen molar-refractivity contribution in [2.24, 2.45) is 0 Å². The van der Waals surface area contributed by atoms with Crippen molar-refractivity contribution in [1.29, 1.82) is 0 Å². The van der Waals surface area contributed by atoms with Crippen molar-refractivity contribution < 1.29 is 13.2 Å². The van der Waals surface area contributed by atoms with Crippen molar-refractivity contribution in [3.05, 3.63) is 41.5 Å². The summed E-state index contributed by atoms with van der Waals surface area (Å²) in [5, 5.41) is 2.74. The molecule has 0 aliphatic heterocycles. The van der Waals surface area contributed by atoms with Crippen LogP contribution in [0.5, 0.6) is 0 Å². The molecule has 5 N–H and O–H groups in total. The van der Waals surface area contributed by atoms with Crippen LogP contribution in [0.2, 0.25) is 0 Å². The van der Waals surface area contributed by atoms with Crippen LogP contribution in [0.3, 0.4) is 0 Å². The molecule has 20 heavy (non-hydrogen) atoms. The van der Waals surface area contributed by atoms with Crippen LogP contribution in [0.25, 0.3) is 0 Å². The van der Waals surface area contributed by atoms with E-state index in [1.807, 2.05) is 0 Å². The van der Waals surface area contributed by atoms with E-state index in [4.69, 9.17) is 11.5 Å². The van der Waals surface area contributed by atoms with Crippen LogP contribution in [-0.2, 0) is 12.7 Å². The molecule has 0 saturated carbocycles. The lowest BCUT2D eigenvalue weighted by Crippen LogP contribution is -2.12. The van der Waals surface area contributed by atoms with E-state index in [-0.39, 0.29) is 29.7 Å². The van der Waals surface area contributed by atoms with Crippen LogP contribution in [-0.4, -0.2) is 9.97 Å². The zero-order chi connectivity index (χ0) is 14.8. The molecule has 8 heteroatoms. The predicted octanol–water partition coefficient (Wildman–Crippen LogP) is 2.27. The first-order valence-corrected chi connectivity index (χ1v) is 5.65. The number of benzene rings is 1. The Hall–Kier alpha value is -2.51. The average molecular weight is 283 g/mol. The molecule has 5 nitrogen and oxygen atoms in total. The highest BCUT2D eigenvalue weighted by atomic mass is 19.4. The van der Waals surface area contributed by atoms with Crippen molar-refractivity contribution in [2.45, 2.75) is 12.7 Å². The predicted molar refractivity (Wildman–Crippen MR) is 69.6 cm³/mol. The van der Waals surface area contributed by atoms with Gasteiger partial charge in [-0.2, -0.15) is 23.1 Å². The molecule has 0 saturated heterocycles. The monoisotopic (exact) mass is 283 g/mol. The van der Waals surface area contributed by atoms with Gasteiger partial charge in [-0.05, 0) is 11.6 Å². The van der Waals surface area contributed by atoms with Gasteiger partial charge in [0.05, 0.1) is 5.56 Å². The second-order valence-electron chi connectivity index (χ2n) is 4.04. The Morgan fingerprint density at radius 1 is 1.10 bits per heavy atom. The molecule has 2 rings (SSSR count). The van der Waals surface area contributed by atoms with Gasteiger partial charge in [0, 0.05) is 12.6 Å². The van der Waals surface area contributed by atoms with Gasteiger partial charge in [0.1, 0.15) is 11.6 Å². The van der Waals surface area contributed by atoms with Crippen molar-refractivity contribution in [3.8, 4) is 0 Å². The Kier molecular flexibility index (Phi) is 3.64. The van der Waals surface area contributed by atoms with E-state index in [2.05, 4.69) is 15.3 Å². The first-order chi connectivity index (χ1) is 9.36. The Morgan fingerprint density at radius 3 is 2.45 bits per heavy atom. The van der Waals surface area contributed by atoms with Crippen molar-refractivity contribution in [1.82, 2.24) is 9.97 Å². The third-order valence-corrected chi connectivity index (χ3v) is 2.55. The summed E-state index contributed by atoms with van der Waals surface area (Å²) in [6, 6.07) is 6.69.